The van der Waals surface area contributed by atoms with E-state index in [1.165, 1.54) is 28.8 Å². The molecule has 0 bridgehead atoms. The van der Waals surface area contributed by atoms with Crippen molar-refractivity contribution >= 4 is 29.4 Å². The van der Waals surface area contributed by atoms with Crippen molar-refractivity contribution in [3.8, 4) is 5.75 Å². The minimum Gasteiger partial charge on any atom is -0.546 e. The van der Waals surface area contributed by atoms with Crippen molar-refractivity contribution in [2.45, 2.75) is 19.9 Å². The molecule has 2 aromatic carbocycles. The number of ether oxygens (including phenoxy) is 2. The van der Waals surface area contributed by atoms with Gasteiger partial charge >= 0.3 is 5.97 Å². The Kier molecular flexibility index (Phi) is 6.92. The molecule has 0 amide bonds. The molecule has 10 heteroatoms. The maximum Gasteiger partial charge on any atom is 0.338 e. The highest BCUT2D eigenvalue weighted by molar-refractivity contribution is 7.07. The van der Waals surface area contributed by atoms with Crippen LogP contribution in [0.1, 0.15) is 31.0 Å². The molecule has 0 saturated carbocycles. The zero-order valence-electron chi connectivity index (χ0n) is 18.8. The Morgan fingerprint density at radius 3 is 2.49 bits per heavy atom. The van der Waals surface area contributed by atoms with Crippen molar-refractivity contribution < 1.29 is 28.6 Å². The zero-order valence-corrected chi connectivity index (χ0v) is 19.6. The maximum atomic E-state index is 13.6. The molecule has 0 unspecified atom stereocenters. The number of halogens is 1. The number of esters is 1. The molecule has 3 aromatic rings. The quantitative estimate of drug-likeness (QED) is 0.454. The fraction of sp³-hybridized carbons (Fsp3) is 0.200. The van der Waals surface area contributed by atoms with Crippen molar-refractivity contribution in [2.75, 3.05) is 13.2 Å². The summed E-state index contributed by atoms with van der Waals surface area (Å²) in [4.78, 5) is 41.7. The Hall–Kier alpha value is -4.05. The Balaban J connectivity index is 1.81. The normalized spacial score (nSPS) is 15.4. The number of carbonyl (C=O) groups is 2. The smallest absolute Gasteiger partial charge is 0.338 e. The summed E-state index contributed by atoms with van der Waals surface area (Å²) in [5.41, 5.74) is 1.49. The SMILES string of the molecule is CCOC(=O)C1=C(C)N=c2s/c(=C\c3ccc(OCC(=O)[O-])cc3)c(=O)n2[C@H]1c1ccc(F)cc1. The number of fused-ring (bicyclic) bond motifs is 1. The molecule has 35 heavy (non-hydrogen) atoms. The Bertz CT molecular complexity index is 1490. The Morgan fingerprint density at radius 1 is 1.17 bits per heavy atom. The Labute approximate surface area is 202 Å². The molecule has 1 aliphatic rings. The van der Waals surface area contributed by atoms with Crippen LogP contribution in [0.25, 0.3) is 6.08 Å². The van der Waals surface area contributed by atoms with Crippen LogP contribution in [0.4, 0.5) is 4.39 Å². The first-order valence-electron chi connectivity index (χ1n) is 10.7. The lowest BCUT2D eigenvalue weighted by atomic mass is 9.96. The van der Waals surface area contributed by atoms with E-state index in [2.05, 4.69) is 4.99 Å². The van der Waals surface area contributed by atoms with Gasteiger partial charge in [0.05, 0.1) is 34.4 Å². The van der Waals surface area contributed by atoms with E-state index in [0.717, 1.165) is 11.3 Å². The summed E-state index contributed by atoms with van der Waals surface area (Å²) in [6.45, 7) is 2.94. The summed E-state index contributed by atoms with van der Waals surface area (Å²) in [6, 6.07) is 11.3. The van der Waals surface area contributed by atoms with Gasteiger partial charge in [0.1, 0.15) is 18.2 Å². The molecule has 2 heterocycles. The summed E-state index contributed by atoms with van der Waals surface area (Å²) in [5, 5.41) is 10.5. The van der Waals surface area contributed by atoms with Crippen LogP contribution in [0.2, 0.25) is 0 Å². The molecule has 0 radical (unpaired) electrons. The van der Waals surface area contributed by atoms with Crippen LogP contribution in [0, 0.1) is 5.82 Å². The minimum atomic E-state index is -1.33. The second-order valence-corrected chi connectivity index (χ2v) is 8.59. The van der Waals surface area contributed by atoms with Crippen molar-refractivity contribution in [2.24, 2.45) is 4.99 Å². The van der Waals surface area contributed by atoms with Crippen LogP contribution in [0.15, 0.2) is 69.6 Å². The van der Waals surface area contributed by atoms with Crippen molar-refractivity contribution in [3.63, 3.8) is 0 Å². The van der Waals surface area contributed by atoms with E-state index in [4.69, 9.17) is 9.47 Å². The van der Waals surface area contributed by atoms with E-state index in [1.807, 2.05) is 0 Å². The van der Waals surface area contributed by atoms with Crippen molar-refractivity contribution in [1.29, 1.82) is 0 Å². The van der Waals surface area contributed by atoms with Crippen LogP contribution in [-0.2, 0) is 14.3 Å². The van der Waals surface area contributed by atoms with Gasteiger partial charge in [-0.3, -0.25) is 9.36 Å². The lowest BCUT2D eigenvalue weighted by molar-refractivity contribution is -0.307. The average molecular weight is 496 g/mol. The van der Waals surface area contributed by atoms with Gasteiger partial charge in [-0.2, -0.15) is 0 Å². The van der Waals surface area contributed by atoms with Gasteiger partial charge in [0, 0.05) is 0 Å². The molecule has 0 fully saturated rings. The van der Waals surface area contributed by atoms with Crippen LogP contribution in [-0.4, -0.2) is 29.7 Å². The number of allylic oxidation sites excluding steroid dienone is 1. The zero-order chi connectivity index (χ0) is 25.1. The van der Waals surface area contributed by atoms with E-state index in [-0.39, 0.29) is 17.7 Å². The predicted octanol–water partition coefficient (Wildman–Crippen LogP) is 1.07. The van der Waals surface area contributed by atoms with Gasteiger partial charge in [0.25, 0.3) is 5.56 Å². The second-order valence-electron chi connectivity index (χ2n) is 7.58. The van der Waals surface area contributed by atoms with Crippen LogP contribution >= 0.6 is 11.3 Å². The van der Waals surface area contributed by atoms with E-state index in [9.17, 15) is 23.9 Å². The van der Waals surface area contributed by atoms with E-state index in [0.29, 0.717) is 31.9 Å². The molecule has 8 nitrogen and oxygen atoms in total. The molecular formula is C25H20FN2O6S-. The third kappa shape index (κ3) is 5.07. The highest BCUT2D eigenvalue weighted by Gasteiger charge is 2.33. The van der Waals surface area contributed by atoms with Gasteiger partial charge in [-0.15, -0.1) is 0 Å². The van der Waals surface area contributed by atoms with Crippen molar-refractivity contribution in [1.82, 2.24) is 4.57 Å². The van der Waals surface area contributed by atoms with E-state index in [1.54, 1.807) is 44.2 Å². The lowest BCUT2D eigenvalue weighted by Gasteiger charge is -2.24. The first-order chi connectivity index (χ1) is 16.8. The average Bonchev–Trinajstić information content (AvgIpc) is 3.12. The standard InChI is InChI=1S/C25H21FN2O6S/c1-3-33-24(32)21-14(2)27-25-28(22(21)16-6-8-17(26)9-7-16)23(31)19(35-25)12-15-4-10-18(11-5-15)34-13-20(29)30/h4-12,22H,3,13H2,1-2H3,(H,29,30)/p-1/b19-12-/t22-/m0/s1. The van der Waals surface area contributed by atoms with E-state index < -0.39 is 30.4 Å². The molecular weight excluding hydrogens is 475 g/mol. The third-order valence-electron chi connectivity index (χ3n) is 5.24. The predicted molar refractivity (Wildman–Crippen MR) is 124 cm³/mol. The molecule has 0 saturated heterocycles. The van der Waals surface area contributed by atoms with Crippen molar-refractivity contribution in [3.05, 3.63) is 96.4 Å². The molecule has 0 N–H and O–H groups in total. The molecule has 1 aliphatic heterocycles. The topological polar surface area (TPSA) is 110 Å². The minimum absolute atomic E-state index is 0.152. The number of carboxylic acid groups (broad SMARTS) is 1. The fourth-order valence-corrected chi connectivity index (χ4v) is 4.75. The highest BCUT2D eigenvalue weighted by atomic mass is 32.1. The molecule has 0 aliphatic carbocycles. The van der Waals surface area contributed by atoms with Crippen LogP contribution in [0.3, 0.4) is 0 Å². The third-order valence-corrected chi connectivity index (χ3v) is 6.22. The number of nitrogens with zero attached hydrogens (tertiary/aromatic N) is 2. The van der Waals surface area contributed by atoms with Gasteiger partial charge in [-0.25, -0.2) is 14.2 Å². The number of aromatic nitrogens is 1. The lowest BCUT2D eigenvalue weighted by Crippen LogP contribution is -2.39. The molecule has 180 valence electrons. The van der Waals surface area contributed by atoms with Gasteiger partial charge in [-0.05, 0) is 55.3 Å². The first-order valence-corrected chi connectivity index (χ1v) is 11.5. The number of benzene rings is 2. The number of rotatable bonds is 7. The van der Waals surface area contributed by atoms with Crippen LogP contribution in [0.5, 0.6) is 5.75 Å². The molecule has 4 rings (SSSR count). The number of carboxylic acids is 1. The first kappa shape index (κ1) is 24.1. The number of thiazole rings is 1. The number of carbonyl (C=O) groups excluding carboxylic acids is 2. The Morgan fingerprint density at radius 2 is 1.86 bits per heavy atom. The maximum absolute atomic E-state index is 13.6. The summed E-state index contributed by atoms with van der Waals surface area (Å²) >= 11 is 1.16. The number of hydrogen-bond acceptors (Lipinski definition) is 8. The summed E-state index contributed by atoms with van der Waals surface area (Å²) in [5.74, 6) is -2.02. The summed E-state index contributed by atoms with van der Waals surface area (Å²) in [7, 11) is 0. The van der Waals surface area contributed by atoms with Crippen LogP contribution < -0.4 is 24.7 Å². The number of aliphatic carboxylic acids is 1. The molecule has 0 spiro atoms. The monoisotopic (exact) mass is 495 g/mol. The summed E-state index contributed by atoms with van der Waals surface area (Å²) < 4.78 is 25.7. The summed E-state index contributed by atoms with van der Waals surface area (Å²) in [6.07, 6.45) is 1.66. The highest BCUT2D eigenvalue weighted by Crippen LogP contribution is 2.30. The second kappa shape index (κ2) is 10.1. The van der Waals surface area contributed by atoms with Gasteiger partial charge in [0.15, 0.2) is 4.80 Å². The van der Waals surface area contributed by atoms with E-state index >= 15 is 0 Å². The fourth-order valence-electron chi connectivity index (χ4n) is 3.71. The van der Waals surface area contributed by atoms with Gasteiger partial charge in [-0.1, -0.05) is 35.6 Å². The molecule has 1 atom stereocenters. The van der Waals surface area contributed by atoms with Gasteiger partial charge in [0.2, 0.25) is 0 Å². The molecule has 1 aromatic heterocycles. The number of hydrogen-bond donors (Lipinski definition) is 0. The van der Waals surface area contributed by atoms with Gasteiger partial charge < -0.3 is 19.4 Å². The largest absolute Gasteiger partial charge is 0.546 e.